The number of halogens is 1. The molecule has 1 N–H and O–H groups in total. The van der Waals surface area contributed by atoms with Gasteiger partial charge < -0.3 is 5.32 Å². The number of aryl methyl sites for hydroxylation is 1. The third-order valence-corrected chi connectivity index (χ3v) is 2.16. The minimum atomic E-state index is 0.0115. The van der Waals surface area contributed by atoms with Gasteiger partial charge in [0.15, 0.2) is 5.15 Å². The van der Waals surface area contributed by atoms with E-state index in [0.29, 0.717) is 17.3 Å². The first-order valence-electron chi connectivity index (χ1n) is 3.70. The summed E-state index contributed by atoms with van der Waals surface area (Å²) < 4.78 is 0. The van der Waals surface area contributed by atoms with E-state index in [1.807, 2.05) is 6.07 Å². The average Bonchev–Trinajstić information content (AvgIpc) is 2.07. The van der Waals surface area contributed by atoms with Crippen molar-refractivity contribution in [3.63, 3.8) is 0 Å². The monoisotopic (exact) mass is 182 g/mol. The number of hydrogen-bond acceptors (Lipinski definition) is 2. The predicted molar refractivity (Wildman–Crippen MR) is 46.2 cm³/mol. The molecule has 62 valence electrons. The number of hydrogen-bond donors (Lipinski definition) is 1. The van der Waals surface area contributed by atoms with Crippen molar-refractivity contribution in [1.29, 1.82) is 0 Å². The fraction of sp³-hybridized carbons (Fsp3) is 0.250. The molecule has 0 spiro atoms. The summed E-state index contributed by atoms with van der Waals surface area (Å²) in [6.07, 6.45) is 2.94. The quantitative estimate of drug-likeness (QED) is 0.620. The lowest BCUT2D eigenvalue weighted by Crippen LogP contribution is -2.19. The molecule has 0 radical (unpaired) electrons. The third-order valence-electron chi connectivity index (χ3n) is 1.88. The van der Waals surface area contributed by atoms with Crippen molar-refractivity contribution in [3.8, 4) is 0 Å². The maximum absolute atomic E-state index is 11.0. The van der Waals surface area contributed by atoms with Gasteiger partial charge in [-0.3, -0.25) is 4.79 Å². The molecule has 0 saturated carbocycles. The summed E-state index contributed by atoms with van der Waals surface area (Å²) in [5.41, 5.74) is 1.74. The van der Waals surface area contributed by atoms with E-state index in [1.165, 1.54) is 0 Å². The molecule has 1 aromatic rings. The molecule has 2 rings (SSSR count). The Morgan fingerprint density at radius 1 is 1.50 bits per heavy atom. The van der Waals surface area contributed by atoms with Crippen molar-refractivity contribution < 1.29 is 4.79 Å². The van der Waals surface area contributed by atoms with Crippen LogP contribution < -0.4 is 5.32 Å². The highest BCUT2D eigenvalue weighted by molar-refractivity contribution is 6.32. The van der Waals surface area contributed by atoms with Gasteiger partial charge in [-0.2, -0.15) is 0 Å². The molecule has 2 heterocycles. The van der Waals surface area contributed by atoms with Crippen molar-refractivity contribution in [2.24, 2.45) is 0 Å². The maximum atomic E-state index is 11.0. The highest BCUT2D eigenvalue weighted by Gasteiger charge is 2.16. The van der Waals surface area contributed by atoms with Crippen LogP contribution in [0.2, 0.25) is 5.15 Å². The van der Waals surface area contributed by atoms with Gasteiger partial charge >= 0.3 is 0 Å². The van der Waals surface area contributed by atoms with Gasteiger partial charge in [-0.15, -0.1) is 0 Å². The SMILES string of the molecule is O=C1CCc2ccnc(Cl)c2N1. The topological polar surface area (TPSA) is 42.0 Å². The predicted octanol–water partition coefficient (Wildman–Crippen LogP) is 1.62. The Morgan fingerprint density at radius 2 is 2.33 bits per heavy atom. The summed E-state index contributed by atoms with van der Waals surface area (Å²) in [6, 6.07) is 1.88. The highest BCUT2D eigenvalue weighted by atomic mass is 35.5. The zero-order valence-electron chi connectivity index (χ0n) is 6.30. The molecular weight excluding hydrogens is 176 g/mol. The molecule has 0 unspecified atom stereocenters. The summed E-state index contributed by atoms with van der Waals surface area (Å²) in [7, 11) is 0. The zero-order valence-corrected chi connectivity index (χ0v) is 7.06. The second-order valence-corrected chi connectivity index (χ2v) is 3.04. The van der Waals surface area contributed by atoms with Crippen LogP contribution in [0.15, 0.2) is 12.3 Å². The van der Waals surface area contributed by atoms with E-state index in [1.54, 1.807) is 6.20 Å². The second kappa shape index (κ2) is 2.75. The Bertz CT molecular complexity index is 338. The van der Waals surface area contributed by atoms with Gasteiger partial charge in [-0.1, -0.05) is 11.6 Å². The van der Waals surface area contributed by atoms with E-state index in [2.05, 4.69) is 10.3 Å². The summed E-state index contributed by atoms with van der Waals surface area (Å²) in [6.45, 7) is 0. The summed E-state index contributed by atoms with van der Waals surface area (Å²) in [5.74, 6) is 0.0115. The second-order valence-electron chi connectivity index (χ2n) is 2.68. The first-order chi connectivity index (χ1) is 5.77. The molecule has 0 aliphatic carbocycles. The Hall–Kier alpha value is -1.09. The normalized spacial score (nSPS) is 15.2. The standard InChI is InChI=1S/C8H7ClN2O/c9-8-7-5(3-4-10-8)1-2-6(12)11-7/h3-4H,1-2H2,(H,11,12). The van der Waals surface area contributed by atoms with Crippen molar-refractivity contribution in [3.05, 3.63) is 23.0 Å². The fourth-order valence-corrected chi connectivity index (χ4v) is 1.49. The Balaban J connectivity index is 2.50. The fourth-order valence-electron chi connectivity index (χ4n) is 1.26. The maximum Gasteiger partial charge on any atom is 0.224 e. The number of fused-ring (bicyclic) bond motifs is 1. The van der Waals surface area contributed by atoms with Gasteiger partial charge in [-0.05, 0) is 18.1 Å². The average molecular weight is 183 g/mol. The molecule has 3 nitrogen and oxygen atoms in total. The number of nitrogens with zero attached hydrogens (tertiary/aromatic N) is 1. The minimum Gasteiger partial charge on any atom is -0.323 e. The summed E-state index contributed by atoms with van der Waals surface area (Å²) in [4.78, 5) is 14.9. The van der Waals surface area contributed by atoms with Crippen molar-refractivity contribution in [2.45, 2.75) is 12.8 Å². The van der Waals surface area contributed by atoms with E-state index in [4.69, 9.17) is 11.6 Å². The highest BCUT2D eigenvalue weighted by Crippen LogP contribution is 2.27. The Morgan fingerprint density at radius 3 is 3.17 bits per heavy atom. The van der Waals surface area contributed by atoms with Crippen LogP contribution in [0.5, 0.6) is 0 Å². The van der Waals surface area contributed by atoms with Crippen LogP contribution in [0, 0.1) is 0 Å². The van der Waals surface area contributed by atoms with E-state index in [-0.39, 0.29) is 5.91 Å². The molecule has 1 aliphatic heterocycles. The van der Waals surface area contributed by atoms with E-state index in [0.717, 1.165) is 12.0 Å². The van der Waals surface area contributed by atoms with Crippen molar-refractivity contribution >= 4 is 23.2 Å². The van der Waals surface area contributed by atoms with Crippen molar-refractivity contribution in [1.82, 2.24) is 4.98 Å². The lowest BCUT2D eigenvalue weighted by molar-refractivity contribution is -0.116. The lowest BCUT2D eigenvalue weighted by Gasteiger charge is -2.16. The molecule has 0 aromatic carbocycles. The van der Waals surface area contributed by atoms with Gasteiger partial charge in [0.25, 0.3) is 0 Å². The van der Waals surface area contributed by atoms with Gasteiger partial charge in [0, 0.05) is 12.6 Å². The number of carbonyl (C=O) groups excluding carboxylic acids is 1. The molecule has 0 bridgehead atoms. The number of anilines is 1. The Labute approximate surface area is 74.8 Å². The molecule has 1 aliphatic rings. The smallest absolute Gasteiger partial charge is 0.224 e. The number of amides is 1. The van der Waals surface area contributed by atoms with Crippen LogP contribution in [0.25, 0.3) is 0 Å². The zero-order chi connectivity index (χ0) is 8.55. The number of carbonyl (C=O) groups is 1. The molecular formula is C8H7ClN2O. The molecule has 0 fully saturated rings. The van der Waals surface area contributed by atoms with E-state index in [9.17, 15) is 4.79 Å². The number of aromatic nitrogens is 1. The number of nitrogens with one attached hydrogen (secondary N) is 1. The van der Waals surface area contributed by atoms with E-state index >= 15 is 0 Å². The number of rotatable bonds is 0. The lowest BCUT2D eigenvalue weighted by atomic mass is 10.1. The minimum absolute atomic E-state index is 0.0115. The molecule has 0 saturated heterocycles. The van der Waals surface area contributed by atoms with Gasteiger partial charge in [0.1, 0.15) is 0 Å². The molecule has 1 aromatic heterocycles. The third kappa shape index (κ3) is 1.16. The van der Waals surface area contributed by atoms with Crippen LogP contribution in [0.4, 0.5) is 5.69 Å². The molecule has 0 atom stereocenters. The molecule has 4 heteroatoms. The summed E-state index contributed by atoms with van der Waals surface area (Å²) in [5, 5.41) is 3.07. The molecule has 1 amide bonds. The summed E-state index contributed by atoms with van der Waals surface area (Å²) >= 11 is 5.78. The van der Waals surface area contributed by atoms with E-state index < -0.39 is 0 Å². The van der Waals surface area contributed by atoms with Crippen LogP contribution in [-0.2, 0) is 11.2 Å². The van der Waals surface area contributed by atoms with Crippen LogP contribution in [0.1, 0.15) is 12.0 Å². The first-order valence-corrected chi connectivity index (χ1v) is 4.08. The largest absolute Gasteiger partial charge is 0.323 e. The van der Waals surface area contributed by atoms with Crippen LogP contribution in [-0.4, -0.2) is 10.9 Å². The number of pyridine rings is 1. The van der Waals surface area contributed by atoms with Crippen molar-refractivity contribution in [2.75, 3.05) is 5.32 Å². The van der Waals surface area contributed by atoms with Gasteiger partial charge in [0.2, 0.25) is 5.91 Å². The Kier molecular flexibility index (Phi) is 1.73. The van der Waals surface area contributed by atoms with Gasteiger partial charge in [0.05, 0.1) is 5.69 Å². The molecule has 12 heavy (non-hydrogen) atoms. The van der Waals surface area contributed by atoms with Gasteiger partial charge in [-0.25, -0.2) is 4.98 Å². The first kappa shape index (κ1) is 7.55. The van der Waals surface area contributed by atoms with Crippen LogP contribution in [0.3, 0.4) is 0 Å². The van der Waals surface area contributed by atoms with Crippen LogP contribution >= 0.6 is 11.6 Å².